The van der Waals surface area contributed by atoms with Crippen molar-refractivity contribution in [3.63, 3.8) is 0 Å². The number of rotatable bonds is 4. The first kappa shape index (κ1) is 14.9. The molecule has 0 aliphatic rings. The Labute approximate surface area is 102 Å². The molecule has 1 rings (SSSR count). The molecular formula is C11H18ClN3O. The number of hydrogen-bond acceptors (Lipinski definition) is 3. The van der Waals surface area contributed by atoms with Gasteiger partial charge in [-0.15, -0.1) is 12.4 Å². The molecule has 1 heterocycles. The standard InChI is InChI=1S/C11H17N3O.ClH/c1-9-10(5-4-6-13-9)7-12-8-11(15)14(2)3;/h4-6,12H,7-8H2,1-3H3;1H. The van der Waals surface area contributed by atoms with Crippen molar-refractivity contribution >= 4 is 18.3 Å². The Hall–Kier alpha value is -1.13. The number of nitrogens with one attached hydrogen (secondary N) is 1. The number of hydrogen-bond donors (Lipinski definition) is 1. The second-order valence-corrected chi connectivity index (χ2v) is 3.64. The number of aryl methyl sites for hydroxylation is 1. The third-order valence-corrected chi connectivity index (χ3v) is 2.21. The van der Waals surface area contributed by atoms with Crippen LogP contribution in [0.15, 0.2) is 18.3 Å². The number of amides is 1. The molecule has 0 bridgehead atoms. The Morgan fingerprint density at radius 3 is 2.75 bits per heavy atom. The molecule has 1 N–H and O–H groups in total. The fourth-order valence-electron chi connectivity index (χ4n) is 1.17. The molecule has 90 valence electrons. The van der Waals surface area contributed by atoms with Gasteiger partial charge in [0.05, 0.1) is 6.54 Å². The minimum absolute atomic E-state index is 0. The summed E-state index contributed by atoms with van der Waals surface area (Å²) in [5.74, 6) is 0.0801. The zero-order valence-electron chi connectivity index (χ0n) is 9.86. The molecule has 1 aromatic heterocycles. The van der Waals surface area contributed by atoms with Gasteiger partial charge in [-0.3, -0.25) is 9.78 Å². The third kappa shape index (κ3) is 4.59. The summed E-state index contributed by atoms with van der Waals surface area (Å²) in [6, 6.07) is 3.91. The molecule has 0 saturated heterocycles. The van der Waals surface area contributed by atoms with E-state index in [1.54, 1.807) is 25.2 Å². The lowest BCUT2D eigenvalue weighted by atomic mass is 10.2. The van der Waals surface area contributed by atoms with Crippen LogP contribution in [0.2, 0.25) is 0 Å². The van der Waals surface area contributed by atoms with Gasteiger partial charge in [0, 0.05) is 32.5 Å². The minimum atomic E-state index is 0. The second-order valence-electron chi connectivity index (χ2n) is 3.64. The average Bonchev–Trinajstić information content (AvgIpc) is 2.20. The van der Waals surface area contributed by atoms with Gasteiger partial charge in [0.25, 0.3) is 0 Å². The van der Waals surface area contributed by atoms with Gasteiger partial charge in [-0.25, -0.2) is 0 Å². The monoisotopic (exact) mass is 243 g/mol. The van der Waals surface area contributed by atoms with E-state index in [9.17, 15) is 4.79 Å². The van der Waals surface area contributed by atoms with Crippen molar-refractivity contribution in [3.05, 3.63) is 29.6 Å². The van der Waals surface area contributed by atoms with E-state index in [4.69, 9.17) is 0 Å². The predicted octanol–water partition coefficient (Wildman–Crippen LogP) is 0.990. The Bertz CT molecular complexity index is 342. The summed E-state index contributed by atoms with van der Waals surface area (Å²) >= 11 is 0. The van der Waals surface area contributed by atoms with Crippen molar-refractivity contribution in [2.75, 3.05) is 20.6 Å². The molecule has 4 nitrogen and oxygen atoms in total. The summed E-state index contributed by atoms with van der Waals surface area (Å²) in [5.41, 5.74) is 2.13. The molecule has 0 unspecified atom stereocenters. The number of nitrogens with zero attached hydrogens (tertiary/aromatic N) is 2. The Kier molecular flexibility index (Phi) is 6.69. The van der Waals surface area contributed by atoms with Crippen LogP contribution in [-0.4, -0.2) is 36.4 Å². The summed E-state index contributed by atoms with van der Waals surface area (Å²) < 4.78 is 0. The molecule has 0 atom stereocenters. The van der Waals surface area contributed by atoms with Gasteiger partial charge in [0.2, 0.25) is 5.91 Å². The fourth-order valence-corrected chi connectivity index (χ4v) is 1.17. The first-order chi connectivity index (χ1) is 7.11. The quantitative estimate of drug-likeness (QED) is 0.858. The highest BCUT2D eigenvalue weighted by Crippen LogP contribution is 2.02. The van der Waals surface area contributed by atoms with Crippen LogP contribution in [0.3, 0.4) is 0 Å². The number of carbonyl (C=O) groups is 1. The number of aromatic nitrogens is 1. The topological polar surface area (TPSA) is 45.2 Å². The number of halogens is 1. The molecule has 0 aliphatic carbocycles. The molecule has 16 heavy (non-hydrogen) atoms. The van der Waals surface area contributed by atoms with Crippen LogP contribution in [0, 0.1) is 6.92 Å². The van der Waals surface area contributed by atoms with E-state index in [2.05, 4.69) is 10.3 Å². The van der Waals surface area contributed by atoms with Crippen molar-refractivity contribution in [2.24, 2.45) is 0 Å². The van der Waals surface area contributed by atoms with Gasteiger partial charge >= 0.3 is 0 Å². The van der Waals surface area contributed by atoms with E-state index in [0.717, 1.165) is 11.3 Å². The van der Waals surface area contributed by atoms with Gasteiger partial charge in [-0.2, -0.15) is 0 Å². The van der Waals surface area contributed by atoms with Gasteiger partial charge in [-0.05, 0) is 18.6 Å². The van der Waals surface area contributed by atoms with Crippen molar-refractivity contribution in [1.29, 1.82) is 0 Å². The van der Waals surface area contributed by atoms with E-state index in [1.807, 2.05) is 19.1 Å². The molecule has 1 aromatic rings. The van der Waals surface area contributed by atoms with E-state index >= 15 is 0 Å². The van der Waals surface area contributed by atoms with Crippen molar-refractivity contribution in [2.45, 2.75) is 13.5 Å². The zero-order valence-corrected chi connectivity index (χ0v) is 10.7. The van der Waals surface area contributed by atoms with Crippen LogP contribution in [0.1, 0.15) is 11.3 Å². The Morgan fingerprint density at radius 1 is 1.50 bits per heavy atom. The number of pyridine rings is 1. The predicted molar refractivity (Wildman–Crippen MR) is 66.6 cm³/mol. The maximum atomic E-state index is 11.3. The maximum absolute atomic E-state index is 11.3. The summed E-state index contributed by atoms with van der Waals surface area (Å²) in [6.07, 6.45) is 1.77. The number of likely N-dealkylation sites (N-methyl/N-ethyl adjacent to an activating group) is 1. The molecule has 0 saturated carbocycles. The van der Waals surface area contributed by atoms with Crippen LogP contribution >= 0.6 is 12.4 Å². The summed E-state index contributed by atoms with van der Waals surface area (Å²) in [4.78, 5) is 17.0. The van der Waals surface area contributed by atoms with Crippen LogP contribution in [-0.2, 0) is 11.3 Å². The molecule has 0 fully saturated rings. The van der Waals surface area contributed by atoms with E-state index in [1.165, 1.54) is 0 Å². The van der Waals surface area contributed by atoms with Gasteiger partial charge in [0.1, 0.15) is 0 Å². The van der Waals surface area contributed by atoms with E-state index in [0.29, 0.717) is 13.1 Å². The summed E-state index contributed by atoms with van der Waals surface area (Å²) in [5, 5.41) is 3.09. The summed E-state index contributed by atoms with van der Waals surface area (Å²) in [6.45, 7) is 3.01. The third-order valence-electron chi connectivity index (χ3n) is 2.21. The first-order valence-electron chi connectivity index (χ1n) is 4.92. The van der Waals surface area contributed by atoms with Crippen LogP contribution in [0.5, 0.6) is 0 Å². The molecule has 0 aromatic carbocycles. The van der Waals surface area contributed by atoms with E-state index < -0.39 is 0 Å². The lowest BCUT2D eigenvalue weighted by Gasteiger charge is -2.11. The van der Waals surface area contributed by atoms with E-state index in [-0.39, 0.29) is 18.3 Å². The van der Waals surface area contributed by atoms with Gasteiger partial charge in [0.15, 0.2) is 0 Å². The molecule has 0 spiro atoms. The zero-order chi connectivity index (χ0) is 11.3. The molecular weight excluding hydrogens is 226 g/mol. The lowest BCUT2D eigenvalue weighted by Crippen LogP contribution is -2.32. The molecule has 0 aliphatic heterocycles. The highest BCUT2D eigenvalue weighted by molar-refractivity contribution is 5.85. The van der Waals surface area contributed by atoms with Gasteiger partial charge in [-0.1, -0.05) is 6.07 Å². The number of carbonyl (C=O) groups excluding carboxylic acids is 1. The lowest BCUT2D eigenvalue weighted by molar-refractivity contribution is -0.127. The summed E-state index contributed by atoms with van der Waals surface area (Å²) in [7, 11) is 3.50. The van der Waals surface area contributed by atoms with Crippen LogP contribution in [0.25, 0.3) is 0 Å². The normalized spacial score (nSPS) is 9.44. The molecule has 1 amide bonds. The van der Waals surface area contributed by atoms with Crippen LogP contribution in [0.4, 0.5) is 0 Å². The average molecular weight is 244 g/mol. The minimum Gasteiger partial charge on any atom is -0.348 e. The smallest absolute Gasteiger partial charge is 0.236 e. The highest BCUT2D eigenvalue weighted by Gasteiger charge is 2.03. The maximum Gasteiger partial charge on any atom is 0.236 e. The first-order valence-corrected chi connectivity index (χ1v) is 4.92. The van der Waals surface area contributed by atoms with Crippen molar-refractivity contribution < 1.29 is 4.79 Å². The molecule has 5 heteroatoms. The van der Waals surface area contributed by atoms with Crippen LogP contribution < -0.4 is 5.32 Å². The van der Waals surface area contributed by atoms with Crippen molar-refractivity contribution in [3.8, 4) is 0 Å². The Balaban J connectivity index is 0.00000225. The van der Waals surface area contributed by atoms with Gasteiger partial charge < -0.3 is 10.2 Å². The highest BCUT2D eigenvalue weighted by atomic mass is 35.5. The fraction of sp³-hybridized carbons (Fsp3) is 0.455. The molecule has 0 radical (unpaired) electrons. The largest absolute Gasteiger partial charge is 0.348 e. The Morgan fingerprint density at radius 2 is 2.19 bits per heavy atom. The second kappa shape index (κ2) is 7.19. The van der Waals surface area contributed by atoms with Crippen molar-refractivity contribution in [1.82, 2.24) is 15.2 Å². The SMILES string of the molecule is Cc1ncccc1CNCC(=O)N(C)C.Cl.